The van der Waals surface area contributed by atoms with Crippen LogP contribution in [0.15, 0.2) is 72.8 Å². The summed E-state index contributed by atoms with van der Waals surface area (Å²) in [5.41, 5.74) is 5.99. The number of hydrogen-bond donors (Lipinski definition) is 1. The average molecular weight is 491 g/mol. The Bertz CT molecular complexity index is 1450. The third kappa shape index (κ3) is 5.45. The standard InChI is InChI=1S/C30H30N6O/c1-21-12-13-24(18-22(21)2)32-30(37)25(19-31)28-29(34-27-11-7-6-10-26(27)33-28)36-16-14-35(15-17-36)20-23-8-4-3-5-9-23/h3-13,18,25H,14-17,20H2,1-2H3,(H,32,37)/t25-/m0/s1. The van der Waals surface area contributed by atoms with Gasteiger partial charge in [0, 0.05) is 38.4 Å². The van der Waals surface area contributed by atoms with Gasteiger partial charge in [0.05, 0.1) is 17.1 Å². The molecule has 3 aromatic carbocycles. The van der Waals surface area contributed by atoms with Gasteiger partial charge in [0.1, 0.15) is 5.69 Å². The highest BCUT2D eigenvalue weighted by atomic mass is 16.1. The van der Waals surface area contributed by atoms with Crippen LogP contribution in [0.2, 0.25) is 0 Å². The molecule has 1 aromatic heterocycles. The van der Waals surface area contributed by atoms with E-state index in [2.05, 4.69) is 45.5 Å². The molecular weight excluding hydrogens is 460 g/mol. The van der Waals surface area contributed by atoms with E-state index in [1.165, 1.54) is 5.56 Å². The number of amides is 1. The van der Waals surface area contributed by atoms with E-state index in [-0.39, 0.29) is 0 Å². The predicted octanol–water partition coefficient (Wildman–Crippen LogP) is 4.81. The van der Waals surface area contributed by atoms with Crippen LogP contribution in [0.3, 0.4) is 0 Å². The molecule has 1 atom stereocenters. The SMILES string of the molecule is Cc1ccc(NC(=O)[C@@H](C#N)c2nc3ccccc3nc2N2CCN(Cc3ccccc3)CC2)cc1C. The normalized spacial score (nSPS) is 14.8. The summed E-state index contributed by atoms with van der Waals surface area (Å²) in [6, 6.07) is 26.0. The minimum atomic E-state index is -1.09. The van der Waals surface area contributed by atoms with Crippen molar-refractivity contribution >= 4 is 28.4 Å². The van der Waals surface area contributed by atoms with Crippen molar-refractivity contribution in [3.05, 3.63) is 95.2 Å². The third-order valence-corrected chi connectivity index (χ3v) is 6.94. The molecule has 2 heterocycles. The molecule has 0 radical (unpaired) electrons. The van der Waals surface area contributed by atoms with Gasteiger partial charge in [-0.2, -0.15) is 5.26 Å². The molecule has 37 heavy (non-hydrogen) atoms. The highest BCUT2D eigenvalue weighted by Crippen LogP contribution is 2.29. The number of benzene rings is 3. The van der Waals surface area contributed by atoms with Gasteiger partial charge in [-0.3, -0.25) is 9.69 Å². The number of aryl methyl sites for hydroxylation is 2. The van der Waals surface area contributed by atoms with E-state index in [1.54, 1.807) is 0 Å². The van der Waals surface area contributed by atoms with Crippen LogP contribution in [-0.4, -0.2) is 47.0 Å². The summed E-state index contributed by atoms with van der Waals surface area (Å²) >= 11 is 0. The van der Waals surface area contributed by atoms with Crippen LogP contribution in [0, 0.1) is 25.2 Å². The Labute approximate surface area is 217 Å². The van der Waals surface area contributed by atoms with Gasteiger partial charge >= 0.3 is 0 Å². The number of nitriles is 1. The molecule has 1 aliphatic heterocycles. The Hall–Kier alpha value is -4.28. The summed E-state index contributed by atoms with van der Waals surface area (Å²) in [4.78, 5) is 27.6. The summed E-state index contributed by atoms with van der Waals surface area (Å²) in [5, 5.41) is 13.0. The van der Waals surface area contributed by atoms with Crippen molar-refractivity contribution < 1.29 is 4.79 Å². The van der Waals surface area contributed by atoms with E-state index in [4.69, 9.17) is 9.97 Å². The Morgan fingerprint density at radius 1 is 0.919 bits per heavy atom. The topological polar surface area (TPSA) is 85.1 Å². The first-order chi connectivity index (χ1) is 18.0. The molecule has 4 aromatic rings. The molecule has 1 amide bonds. The first kappa shape index (κ1) is 24.4. The van der Waals surface area contributed by atoms with E-state index in [0.717, 1.165) is 49.4 Å². The first-order valence-electron chi connectivity index (χ1n) is 12.6. The quantitative estimate of drug-likeness (QED) is 0.417. The van der Waals surface area contributed by atoms with Crippen LogP contribution >= 0.6 is 0 Å². The lowest BCUT2D eigenvalue weighted by atomic mass is 10.0. The number of fused-ring (bicyclic) bond motifs is 1. The van der Waals surface area contributed by atoms with Crippen LogP contribution in [-0.2, 0) is 11.3 Å². The van der Waals surface area contributed by atoms with Gasteiger partial charge in [-0.05, 0) is 54.8 Å². The molecule has 0 bridgehead atoms. The fraction of sp³-hybridized carbons (Fsp3) is 0.267. The summed E-state index contributed by atoms with van der Waals surface area (Å²) in [6.07, 6.45) is 0. The molecule has 7 nitrogen and oxygen atoms in total. The van der Waals surface area contributed by atoms with Gasteiger partial charge in [-0.25, -0.2) is 9.97 Å². The number of carbonyl (C=O) groups excluding carboxylic acids is 1. The summed E-state index contributed by atoms with van der Waals surface area (Å²) < 4.78 is 0. The first-order valence-corrected chi connectivity index (χ1v) is 12.6. The zero-order valence-corrected chi connectivity index (χ0v) is 21.2. The maximum absolute atomic E-state index is 13.3. The van der Waals surface area contributed by atoms with Gasteiger partial charge in [-0.15, -0.1) is 0 Å². The molecule has 1 aliphatic rings. The van der Waals surface area contributed by atoms with Crippen molar-refractivity contribution in [3.63, 3.8) is 0 Å². The molecule has 7 heteroatoms. The molecule has 0 unspecified atom stereocenters. The number of carbonyl (C=O) groups is 1. The van der Waals surface area contributed by atoms with E-state index in [0.29, 0.717) is 22.7 Å². The van der Waals surface area contributed by atoms with E-state index in [9.17, 15) is 10.1 Å². The molecule has 1 N–H and O–H groups in total. The molecule has 1 saturated heterocycles. The minimum absolute atomic E-state index is 0.402. The van der Waals surface area contributed by atoms with Crippen molar-refractivity contribution in [1.82, 2.24) is 14.9 Å². The lowest BCUT2D eigenvalue weighted by molar-refractivity contribution is -0.116. The van der Waals surface area contributed by atoms with Crippen molar-refractivity contribution in [2.75, 3.05) is 36.4 Å². The number of piperazine rings is 1. The minimum Gasteiger partial charge on any atom is -0.352 e. The largest absolute Gasteiger partial charge is 0.352 e. The third-order valence-electron chi connectivity index (χ3n) is 6.94. The molecular formula is C30H30N6O. The Morgan fingerprint density at radius 2 is 1.59 bits per heavy atom. The Kier molecular flexibility index (Phi) is 7.11. The van der Waals surface area contributed by atoms with Crippen LogP contribution in [0.25, 0.3) is 11.0 Å². The zero-order chi connectivity index (χ0) is 25.8. The Morgan fingerprint density at radius 3 is 2.27 bits per heavy atom. The molecule has 5 rings (SSSR count). The monoisotopic (exact) mass is 490 g/mol. The molecule has 1 fully saturated rings. The molecule has 0 spiro atoms. The zero-order valence-electron chi connectivity index (χ0n) is 21.2. The fourth-order valence-corrected chi connectivity index (χ4v) is 4.67. The van der Waals surface area contributed by atoms with E-state index in [1.807, 2.05) is 62.4 Å². The summed E-state index contributed by atoms with van der Waals surface area (Å²) in [7, 11) is 0. The maximum atomic E-state index is 13.3. The smallest absolute Gasteiger partial charge is 0.248 e. The summed E-state index contributed by atoms with van der Waals surface area (Å²) in [6.45, 7) is 8.11. The fourth-order valence-electron chi connectivity index (χ4n) is 4.67. The van der Waals surface area contributed by atoms with Crippen molar-refractivity contribution in [2.24, 2.45) is 0 Å². The van der Waals surface area contributed by atoms with Gasteiger partial charge in [0.2, 0.25) is 5.91 Å². The van der Waals surface area contributed by atoms with Crippen LogP contribution in [0.1, 0.15) is 28.3 Å². The molecule has 0 saturated carbocycles. The lowest BCUT2D eigenvalue weighted by Gasteiger charge is -2.36. The highest BCUT2D eigenvalue weighted by molar-refractivity contribution is 5.98. The van der Waals surface area contributed by atoms with Crippen molar-refractivity contribution in [1.29, 1.82) is 5.26 Å². The van der Waals surface area contributed by atoms with Crippen molar-refractivity contribution in [2.45, 2.75) is 26.3 Å². The average Bonchev–Trinajstić information content (AvgIpc) is 2.92. The number of anilines is 2. The second kappa shape index (κ2) is 10.8. The van der Waals surface area contributed by atoms with Gasteiger partial charge in [0.15, 0.2) is 11.7 Å². The Balaban J connectivity index is 1.41. The van der Waals surface area contributed by atoms with Gasteiger partial charge in [-0.1, -0.05) is 48.5 Å². The van der Waals surface area contributed by atoms with Crippen LogP contribution < -0.4 is 10.2 Å². The number of nitrogens with zero attached hydrogens (tertiary/aromatic N) is 5. The highest BCUT2D eigenvalue weighted by Gasteiger charge is 2.30. The van der Waals surface area contributed by atoms with Crippen molar-refractivity contribution in [3.8, 4) is 6.07 Å². The predicted molar refractivity (Wildman–Crippen MR) is 146 cm³/mol. The van der Waals surface area contributed by atoms with Crippen LogP contribution in [0.5, 0.6) is 0 Å². The number of aromatic nitrogens is 2. The molecule has 186 valence electrons. The maximum Gasteiger partial charge on any atom is 0.248 e. The van der Waals surface area contributed by atoms with Crippen LogP contribution in [0.4, 0.5) is 11.5 Å². The van der Waals surface area contributed by atoms with E-state index >= 15 is 0 Å². The summed E-state index contributed by atoms with van der Waals surface area (Å²) in [5.74, 6) is -0.879. The second-order valence-corrected chi connectivity index (χ2v) is 9.52. The number of nitrogens with one attached hydrogen (secondary N) is 1. The number of hydrogen-bond acceptors (Lipinski definition) is 6. The number of rotatable bonds is 6. The lowest BCUT2D eigenvalue weighted by Crippen LogP contribution is -2.46. The van der Waals surface area contributed by atoms with Gasteiger partial charge in [0.25, 0.3) is 0 Å². The number of para-hydroxylation sites is 2. The van der Waals surface area contributed by atoms with Gasteiger partial charge < -0.3 is 10.2 Å². The van der Waals surface area contributed by atoms with E-state index < -0.39 is 11.8 Å². The second-order valence-electron chi connectivity index (χ2n) is 9.52. The molecule has 0 aliphatic carbocycles.